The number of amides is 2. The van der Waals surface area contributed by atoms with Crippen molar-refractivity contribution < 1.29 is 19.1 Å². The molecular weight excluding hydrogens is 281 g/mol. The highest BCUT2D eigenvalue weighted by molar-refractivity contribution is 5.93. The number of carbonyl (C=O) groups excluding carboxylic acids is 1. The van der Waals surface area contributed by atoms with Gasteiger partial charge in [0.25, 0.3) is 0 Å². The van der Waals surface area contributed by atoms with Gasteiger partial charge in [0.05, 0.1) is 18.3 Å². The van der Waals surface area contributed by atoms with Gasteiger partial charge in [0.1, 0.15) is 5.82 Å². The summed E-state index contributed by atoms with van der Waals surface area (Å²) in [6, 6.07) is 2.78. The van der Waals surface area contributed by atoms with Crippen molar-refractivity contribution in [3.63, 3.8) is 0 Å². The molecule has 3 N–H and O–H groups in total. The number of nitrogens with one attached hydrogen (secondary N) is 2. The summed E-state index contributed by atoms with van der Waals surface area (Å²) < 4.78 is 14.7. The second kappa shape index (κ2) is 6.46. The number of carboxylic acid groups (broad SMARTS) is 1. The van der Waals surface area contributed by atoms with Gasteiger partial charge in [0.2, 0.25) is 0 Å². The van der Waals surface area contributed by atoms with Crippen molar-refractivity contribution in [3.05, 3.63) is 42.0 Å². The van der Waals surface area contributed by atoms with E-state index in [2.05, 4.69) is 20.9 Å². The summed E-state index contributed by atoms with van der Waals surface area (Å²) in [5, 5.41) is 21.1. The predicted molar refractivity (Wildman–Crippen MR) is 70.4 cm³/mol. The van der Waals surface area contributed by atoms with Gasteiger partial charge in [-0.05, 0) is 18.2 Å². The molecule has 0 fully saturated rings. The second-order valence-electron chi connectivity index (χ2n) is 4.05. The third kappa shape index (κ3) is 4.00. The van der Waals surface area contributed by atoms with E-state index in [1.807, 2.05) is 0 Å². The third-order valence-corrected chi connectivity index (χ3v) is 2.55. The average molecular weight is 293 g/mol. The molecule has 9 heteroatoms. The lowest BCUT2D eigenvalue weighted by Gasteiger charge is -2.08. The van der Waals surface area contributed by atoms with Crippen molar-refractivity contribution in [1.82, 2.24) is 20.3 Å². The normalized spacial score (nSPS) is 10.1. The van der Waals surface area contributed by atoms with Crippen LogP contribution in [0.4, 0.5) is 14.9 Å². The van der Waals surface area contributed by atoms with E-state index in [0.717, 1.165) is 12.1 Å². The smallest absolute Gasteiger partial charge is 0.338 e. The zero-order chi connectivity index (χ0) is 15.2. The van der Waals surface area contributed by atoms with E-state index in [1.165, 1.54) is 12.3 Å². The molecule has 0 saturated carbocycles. The highest BCUT2D eigenvalue weighted by atomic mass is 19.1. The number of hydrogen-bond acceptors (Lipinski definition) is 4. The lowest BCUT2D eigenvalue weighted by molar-refractivity contribution is 0.0692. The minimum absolute atomic E-state index is 0.187. The molecule has 1 aromatic heterocycles. The highest BCUT2D eigenvalue weighted by Crippen LogP contribution is 2.14. The Balaban J connectivity index is 1.87. The maximum Gasteiger partial charge on any atom is 0.338 e. The number of aromatic nitrogens is 3. The third-order valence-electron chi connectivity index (χ3n) is 2.55. The van der Waals surface area contributed by atoms with E-state index >= 15 is 0 Å². The van der Waals surface area contributed by atoms with Gasteiger partial charge in [0.15, 0.2) is 0 Å². The molecule has 2 amide bonds. The number of urea groups is 1. The van der Waals surface area contributed by atoms with Crippen LogP contribution in [0, 0.1) is 5.82 Å². The first-order valence-corrected chi connectivity index (χ1v) is 5.98. The van der Waals surface area contributed by atoms with Gasteiger partial charge in [-0.2, -0.15) is 0 Å². The zero-order valence-corrected chi connectivity index (χ0v) is 10.8. The molecule has 0 spiro atoms. The number of benzene rings is 1. The summed E-state index contributed by atoms with van der Waals surface area (Å²) in [6.45, 7) is 0.749. The predicted octanol–water partition coefficient (Wildman–Crippen LogP) is 0.937. The number of hydrogen-bond donors (Lipinski definition) is 3. The SMILES string of the molecule is O=C(NCCn1ccnn1)Nc1ccc(F)c(C(=O)O)c1. The van der Waals surface area contributed by atoms with Gasteiger partial charge in [-0.15, -0.1) is 5.10 Å². The highest BCUT2D eigenvalue weighted by Gasteiger charge is 2.11. The summed E-state index contributed by atoms with van der Waals surface area (Å²) in [5.41, 5.74) is -0.317. The van der Waals surface area contributed by atoms with Crippen LogP contribution in [-0.2, 0) is 6.54 Å². The molecule has 0 unspecified atom stereocenters. The number of carboxylic acids is 1. The Morgan fingerprint density at radius 2 is 2.19 bits per heavy atom. The minimum atomic E-state index is -1.40. The van der Waals surface area contributed by atoms with Crippen LogP contribution in [0.2, 0.25) is 0 Å². The average Bonchev–Trinajstić information content (AvgIpc) is 2.94. The molecule has 110 valence electrons. The molecule has 21 heavy (non-hydrogen) atoms. The molecule has 1 aromatic carbocycles. The van der Waals surface area contributed by atoms with Crippen LogP contribution in [-0.4, -0.2) is 38.6 Å². The maximum absolute atomic E-state index is 13.2. The maximum atomic E-state index is 13.2. The van der Waals surface area contributed by atoms with Crippen LogP contribution in [0.15, 0.2) is 30.6 Å². The lowest BCUT2D eigenvalue weighted by atomic mass is 10.2. The van der Waals surface area contributed by atoms with E-state index in [0.29, 0.717) is 13.1 Å². The molecular formula is C12H12FN5O3. The zero-order valence-electron chi connectivity index (χ0n) is 10.8. The summed E-state index contributed by atoms with van der Waals surface area (Å²) in [4.78, 5) is 22.4. The molecule has 0 saturated heterocycles. The molecule has 0 atom stereocenters. The summed E-state index contributed by atoms with van der Waals surface area (Å²) in [7, 11) is 0. The largest absolute Gasteiger partial charge is 0.478 e. The van der Waals surface area contributed by atoms with Crippen molar-refractivity contribution in [2.45, 2.75) is 6.54 Å². The fraction of sp³-hybridized carbons (Fsp3) is 0.167. The fourth-order valence-corrected chi connectivity index (χ4v) is 1.58. The first kappa shape index (κ1) is 14.4. The molecule has 0 radical (unpaired) electrons. The molecule has 0 aliphatic carbocycles. The number of carbonyl (C=O) groups is 2. The summed E-state index contributed by atoms with van der Waals surface area (Å²) in [5.74, 6) is -2.26. The van der Waals surface area contributed by atoms with Crippen molar-refractivity contribution in [3.8, 4) is 0 Å². The number of rotatable bonds is 5. The number of aromatic carboxylic acids is 1. The quantitative estimate of drug-likeness (QED) is 0.760. The Labute approximate surface area is 118 Å². The standard InChI is InChI=1S/C12H12FN5O3/c13-10-2-1-8(7-9(10)11(19)20)16-12(21)14-3-5-18-6-4-15-17-18/h1-2,4,6-7H,3,5H2,(H,19,20)(H2,14,16,21). The number of nitrogens with zero attached hydrogens (tertiary/aromatic N) is 3. The molecule has 8 nitrogen and oxygen atoms in total. The Bertz CT molecular complexity index is 644. The summed E-state index contributed by atoms with van der Waals surface area (Å²) in [6.07, 6.45) is 3.17. The number of anilines is 1. The minimum Gasteiger partial charge on any atom is -0.478 e. The van der Waals surface area contributed by atoms with Gasteiger partial charge in [-0.1, -0.05) is 5.21 Å². The Morgan fingerprint density at radius 1 is 1.38 bits per heavy atom. The fourth-order valence-electron chi connectivity index (χ4n) is 1.58. The molecule has 0 aliphatic heterocycles. The first-order valence-electron chi connectivity index (χ1n) is 5.98. The van der Waals surface area contributed by atoms with Crippen molar-refractivity contribution >= 4 is 17.7 Å². The molecule has 0 bridgehead atoms. The van der Waals surface area contributed by atoms with E-state index in [1.54, 1.807) is 10.9 Å². The second-order valence-corrected chi connectivity index (χ2v) is 4.05. The Hall–Kier alpha value is -2.97. The molecule has 1 heterocycles. The Kier molecular flexibility index (Phi) is 4.44. The monoisotopic (exact) mass is 293 g/mol. The van der Waals surface area contributed by atoms with Crippen LogP contribution >= 0.6 is 0 Å². The van der Waals surface area contributed by atoms with Crippen molar-refractivity contribution in [2.24, 2.45) is 0 Å². The molecule has 2 aromatic rings. The van der Waals surface area contributed by atoms with Gasteiger partial charge >= 0.3 is 12.0 Å². The molecule has 0 aliphatic rings. The van der Waals surface area contributed by atoms with Gasteiger partial charge in [0, 0.05) is 18.4 Å². The first-order chi connectivity index (χ1) is 10.1. The van der Waals surface area contributed by atoms with E-state index in [9.17, 15) is 14.0 Å². The van der Waals surface area contributed by atoms with Crippen molar-refractivity contribution in [2.75, 3.05) is 11.9 Å². The topological polar surface area (TPSA) is 109 Å². The van der Waals surface area contributed by atoms with Crippen LogP contribution in [0.5, 0.6) is 0 Å². The molecule has 2 rings (SSSR count). The Morgan fingerprint density at radius 3 is 2.86 bits per heavy atom. The van der Waals surface area contributed by atoms with Crippen LogP contribution in [0.25, 0.3) is 0 Å². The summed E-state index contributed by atoms with van der Waals surface area (Å²) >= 11 is 0. The van der Waals surface area contributed by atoms with E-state index < -0.39 is 23.4 Å². The van der Waals surface area contributed by atoms with Gasteiger partial charge in [-0.3, -0.25) is 4.68 Å². The van der Waals surface area contributed by atoms with Crippen molar-refractivity contribution in [1.29, 1.82) is 0 Å². The van der Waals surface area contributed by atoms with Crippen LogP contribution in [0.3, 0.4) is 0 Å². The van der Waals surface area contributed by atoms with E-state index in [4.69, 9.17) is 5.11 Å². The lowest BCUT2D eigenvalue weighted by Crippen LogP contribution is -2.31. The van der Waals surface area contributed by atoms with Crippen LogP contribution in [0.1, 0.15) is 10.4 Å². The van der Waals surface area contributed by atoms with Gasteiger partial charge in [-0.25, -0.2) is 14.0 Å². The number of halogens is 1. The van der Waals surface area contributed by atoms with Gasteiger partial charge < -0.3 is 15.7 Å². The van der Waals surface area contributed by atoms with E-state index in [-0.39, 0.29) is 5.69 Å². The van der Waals surface area contributed by atoms with Crippen LogP contribution < -0.4 is 10.6 Å².